The minimum Gasteiger partial charge on any atom is -0.208 e. The van der Waals surface area contributed by atoms with Gasteiger partial charge in [-0.15, -0.1) is 6.42 Å². The van der Waals surface area contributed by atoms with Crippen LogP contribution in [0, 0.1) is 19.3 Å². The van der Waals surface area contributed by atoms with Gasteiger partial charge in [0.25, 0.3) is 0 Å². The molecule has 63 heavy (non-hydrogen) atoms. The molecule has 0 spiro atoms. The Morgan fingerprint density at radius 2 is 0.857 bits per heavy atom. The van der Waals surface area contributed by atoms with Crippen LogP contribution in [0.15, 0.2) is 170 Å². The lowest BCUT2D eigenvalue weighted by Gasteiger charge is -2.22. The molecule has 1 heterocycles. The van der Waals surface area contributed by atoms with Gasteiger partial charge in [0.05, 0.1) is 0 Å². The van der Waals surface area contributed by atoms with Gasteiger partial charge in [-0.1, -0.05) is 179 Å². The molecule has 9 aromatic rings. The fourth-order valence-corrected chi connectivity index (χ4v) is 10.5. The third kappa shape index (κ3) is 6.01. The second kappa shape index (κ2) is 14.5. The Morgan fingerprint density at radius 3 is 1.37 bits per heavy atom. The average molecular weight is 808 g/mol. The fraction of sp³-hybridized carbons (Fsp3) is 0.117. The number of benzene rings is 8. The third-order valence-electron chi connectivity index (χ3n) is 13.7. The number of hydrogen-bond donors (Lipinski definition) is 0. The molecule has 0 saturated carbocycles. The molecule has 0 N–H and O–H groups in total. The number of hydrogen-bond acceptors (Lipinski definition) is 3. The highest BCUT2D eigenvalue weighted by atomic mass is 15.0. The maximum Gasteiger partial charge on any atom is 0.164 e. The molecule has 2 aliphatic rings. The van der Waals surface area contributed by atoms with Gasteiger partial charge in [0.2, 0.25) is 0 Å². The van der Waals surface area contributed by atoms with Crippen LogP contribution in [0.1, 0.15) is 61.1 Å². The maximum absolute atomic E-state index is 5.83. The number of fused-ring (bicyclic) bond motifs is 7. The van der Waals surface area contributed by atoms with E-state index in [-0.39, 0.29) is 10.8 Å². The molecule has 8 aromatic carbocycles. The number of rotatable bonds is 6. The van der Waals surface area contributed by atoms with Crippen LogP contribution in [0.2, 0.25) is 0 Å². The van der Waals surface area contributed by atoms with Crippen molar-refractivity contribution in [1.29, 1.82) is 0 Å². The van der Waals surface area contributed by atoms with Crippen molar-refractivity contribution in [3.63, 3.8) is 0 Å². The summed E-state index contributed by atoms with van der Waals surface area (Å²) in [4.78, 5) is 16.1. The zero-order chi connectivity index (χ0) is 43.0. The Bertz CT molecular complexity index is 3280. The van der Waals surface area contributed by atoms with Crippen LogP contribution in [-0.4, -0.2) is 15.0 Å². The highest BCUT2D eigenvalue weighted by molar-refractivity contribution is 6.11. The van der Waals surface area contributed by atoms with E-state index in [1.165, 1.54) is 44.5 Å². The monoisotopic (exact) mass is 807 g/mol. The van der Waals surface area contributed by atoms with Crippen LogP contribution in [0.25, 0.3) is 95.5 Å². The highest BCUT2D eigenvalue weighted by Crippen LogP contribution is 2.51. The van der Waals surface area contributed by atoms with E-state index in [4.69, 9.17) is 21.4 Å². The number of aromatic nitrogens is 3. The van der Waals surface area contributed by atoms with Gasteiger partial charge < -0.3 is 0 Å². The van der Waals surface area contributed by atoms with E-state index in [1.54, 1.807) is 6.08 Å². The van der Waals surface area contributed by atoms with E-state index in [0.29, 0.717) is 17.5 Å². The molecule has 0 fully saturated rings. The van der Waals surface area contributed by atoms with Crippen molar-refractivity contribution in [2.45, 2.75) is 45.4 Å². The van der Waals surface area contributed by atoms with Crippen LogP contribution >= 0.6 is 0 Å². The molecule has 0 unspecified atom stereocenters. The van der Waals surface area contributed by atoms with E-state index in [9.17, 15) is 0 Å². The zero-order valence-electron chi connectivity index (χ0n) is 36.2. The first-order chi connectivity index (χ1) is 30.6. The van der Waals surface area contributed by atoms with E-state index in [1.807, 2.05) is 0 Å². The fourth-order valence-electron chi connectivity index (χ4n) is 10.5. The molecule has 0 bridgehead atoms. The average Bonchev–Trinajstić information content (AvgIpc) is 3.69. The first kappa shape index (κ1) is 38.3. The quantitative estimate of drug-likeness (QED) is 0.157. The normalized spacial score (nSPS) is 14.0. The molecule has 0 aliphatic heterocycles. The van der Waals surface area contributed by atoms with Crippen molar-refractivity contribution in [3.05, 3.63) is 203 Å². The number of nitrogens with zero attached hydrogens (tertiary/aromatic N) is 3. The first-order valence-electron chi connectivity index (χ1n) is 21.7. The third-order valence-corrected chi connectivity index (χ3v) is 13.7. The standard InChI is InChI=1S/C60H45N3/c1-7-8-23-43-37(2)54(38-19-11-9-12-20-38)49-34-40(30-33-48(49)55(43)39-21-13-10-14-22-39)56-61-57(41-28-31-46-44-24-15-17-26-50(44)59(3,4)52(46)35-41)63-58(62-56)42-29-32-47-45-25-16-18-27-51(45)60(5,6)53(47)36-42/h1,8-36H,2-6H3/b23-8-. The van der Waals surface area contributed by atoms with Gasteiger partial charge in [-0.2, -0.15) is 0 Å². The number of allylic oxidation sites excluding steroid dienone is 1. The summed E-state index contributed by atoms with van der Waals surface area (Å²) in [5, 5.41) is 2.24. The number of terminal acetylenes is 1. The SMILES string of the molecule is C#C/C=C\c1c(C)c(-c2ccccc2)c2cc(-c3nc(-c4ccc5c(c4)C(C)(C)c4ccccc4-5)nc(-c4ccc5c(c4)C(C)(C)c4ccccc4-5)n3)ccc2c1-c1ccccc1. The topological polar surface area (TPSA) is 38.7 Å². The Morgan fingerprint density at radius 1 is 0.429 bits per heavy atom. The summed E-state index contributed by atoms with van der Waals surface area (Å²) in [5.41, 5.74) is 19.6. The van der Waals surface area contributed by atoms with Crippen molar-refractivity contribution in [3.8, 4) is 91.0 Å². The predicted molar refractivity (Wildman–Crippen MR) is 262 cm³/mol. The summed E-state index contributed by atoms with van der Waals surface area (Å²) in [6.07, 6.45) is 9.71. The molecule has 0 amide bonds. The van der Waals surface area contributed by atoms with Crippen LogP contribution in [-0.2, 0) is 10.8 Å². The van der Waals surface area contributed by atoms with Crippen LogP contribution in [0.3, 0.4) is 0 Å². The van der Waals surface area contributed by atoms with Gasteiger partial charge in [0.15, 0.2) is 17.5 Å². The Labute approximate surface area is 369 Å². The van der Waals surface area contributed by atoms with Gasteiger partial charge in [-0.05, 0) is 126 Å². The molecule has 11 rings (SSSR count). The smallest absolute Gasteiger partial charge is 0.164 e. The second-order valence-electron chi connectivity index (χ2n) is 17.9. The van der Waals surface area contributed by atoms with Gasteiger partial charge in [-0.3, -0.25) is 0 Å². The summed E-state index contributed by atoms with van der Waals surface area (Å²) in [5.74, 6) is 4.65. The molecule has 2 aliphatic carbocycles. The summed E-state index contributed by atoms with van der Waals surface area (Å²) in [6, 6.07) is 58.9. The van der Waals surface area contributed by atoms with Crippen molar-refractivity contribution < 1.29 is 0 Å². The summed E-state index contributed by atoms with van der Waals surface area (Å²) >= 11 is 0. The molecule has 0 atom stereocenters. The first-order valence-corrected chi connectivity index (χ1v) is 21.7. The minimum absolute atomic E-state index is 0.171. The molecule has 1 aromatic heterocycles. The molecule has 3 heteroatoms. The molecular weight excluding hydrogens is 763 g/mol. The molecule has 0 saturated heterocycles. The van der Waals surface area contributed by atoms with E-state index >= 15 is 0 Å². The zero-order valence-corrected chi connectivity index (χ0v) is 36.2. The lowest BCUT2D eigenvalue weighted by atomic mass is 9.82. The van der Waals surface area contributed by atoms with Crippen molar-refractivity contribution in [2.75, 3.05) is 0 Å². The Hall–Kier alpha value is -7.67. The lowest BCUT2D eigenvalue weighted by molar-refractivity contribution is 0.660. The van der Waals surface area contributed by atoms with Crippen molar-refractivity contribution in [1.82, 2.24) is 15.0 Å². The molecular formula is C60H45N3. The molecule has 300 valence electrons. The minimum atomic E-state index is -0.171. The van der Waals surface area contributed by atoms with Gasteiger partial charge >= 0.3 is 0 Å². The second-order valence-corrected chi connectivity index (χ2v) is 17.9. The van der Waals surface area contributed by atoms with Crippen LogP contribution in [0.5, 0.6) is 0 Å². The van der Waals surface area contributed by atoms with E-state index < -0.39 is 0 Å². The molecule has 0 radical (unpaired) electrons. The highest BCUT2D eigenvalue weighted by Gasteiger charge is 2.37. The van der Waals surface area contributed by atoms with E-state index in [2.05, 4.69) is 210 Å². The van der Waals surface area contributed by atoms with Crippen molar-refractivity contribution in [2.24, 2.45) is 0 Å². The lowest BCUT2D eigenvalue weighted by Crippen LogP contribution is -2.15. The van der Waals surface area contributed by atoms with Gasteiger partial charge in [0, 0.05) is 27.5 Å². The maximum atomic E-state index is 5.83. The Kier molecular flexibility index (Phi) is 8.79. The van der Waals surface area contributed by atoms with E-state index in [0.717, 1.165) is 60.8 Å². The van der Waals surface area contributed by atoms with Crippen LogP contribution < -0.4 is 0 Å². The summed E-state index contributed by atoms with van der Waals surface area (Å²) < 4.78 is 0. The summed E-state index contributed by atoms with van der Waals surface area (Å²) in [7, 11) is 0. The predicted octanol–water partition coefficient (Wildman–Crippen LogP) is 14.9. The summed E-state index contributed by atoms with van der Waals surface area (Å²) in [6.45, 7) is 11.5. The van der Waals surface area contributed by atoms with Crippen LogP contribution in [0.4, 0.5) is 0 Å². The van der Waals surface area contributed by atoms with Gasteiger partial charge in [-0.25, -0.2) is 15.0 Å². The largest absolute Gasteiger partial charge is 0.208 e. The Balaban J connectivity index is 1.16. The molecule has 3 nitrogen and oxygen atoms in total. The van der Waals surface area contributed by atoms with Crippen molar-refractivity contribution >= 4 is 16.8 Å². The van der Waals surface area contributed by atoms with Gasteiger partial charge in [0.1, 0.15) is 0 Å².